The lowest BCUT2D eigenvalue weighted by Gasteiger charge is -1.99. The maximum Gasteiger partial charge on any atom is 0.204 e. The van der Waals surface area contributed by atoms with E-state index in [0.29, 0.717) is 6.61 Å². The van der Waals surface area contributed by atoms with Gasteiger partial charge < -0.3 is 10.5 Å². The topological polar surface area (TPSA) is 52.3 Å². The van der Waals surface area contributed by atoms with Crippen molar-refractivity contribution in [3.05, 3.63) is 43.0 Å². The summed E-state index contributed by atoms with van der Waals surface area (Å²) in [6.07, 6.45) is 1.98. The Morgan fingerprint density at radius 2 is 1.92 bits per heavy atom. The molecule has 1 amide bonds. The molecule has 2 N–H and O–H groups in total. The zero-order valence-corrected chi connectivity index (χ0v) is 7.35. The van der Waals surface area contributed by atoms with Crippen molar-refractivity contribution < 1.29 is 9.53 Å². The van der Waals surface area contributed by atoms with Crippen LogP contribution in [0.2, 0.25) is 0 Å². The molecule has 13 heavy (non-hydrogen) atoms. The van der Waals surface area contributed by atoms with Gasteiger partial charge in [0.05, 0.1) is 0 Å². The Bertz CT molecular complexity index is 234. The third-order valence-electron chi connectivity index (χ3n) is 1.11. The van der Waals surface area contributed by atoms with Gasteiger partial charge in [-0.25, -0.2) is 0 Å². The van der Waals surface area contributed by atoms with Crippen molar-refractivity contribution in [1.82, 2.24) is 0 Å². The van der Waals surface area contributed by atoms with E-state index in [0.717, 1.165) is 5.75 Å². The molecule has 1 aromatic rings. The number of para-hydroxylation sites is 1. The van der Waals surface area contributed by atoms with E-state index >= 15 is 0 Å². The van der Waals surface area contributed by atoms with Crippen molar-refractivity contribution in [1.29, 1.82) is 0 Å². The summed E-state index contributed by atoms with van der Waals surface area (Å²) in [4.78, 5) is 8.58. The molecule has 1 rings (SSSR count). The van der Waals surface area contributed by atoms with Crippen LogP contribution in [-0.4, -0.2) is 13.0 Å². The number of carbonyl (C=O) groups is 1. The summed E-state index contributed by atoms with van der Waals surface area (Å²) in [7, 11) is 0. The Morgan fingerprint density at radius 3 is 2.38 bits per heavy atom. The summed E-state index contributed by atoms with van der Waals surface area (Å²) in [6, 6.07) is 9.69. The predicted molar refractivity (Wildman–Crippen MR) is 52.4 cm³/mol. The summed E-state index contributed by atoms with van der Waals surface area (Å²) >= 11 is 0. The van der Waals surface area contributed by atoms with Crippen molar-refractivity contribution in [3.8, 4) is 5.75 Å². The van der Waals surface area contributed by atoms with Gasteiger partial charge in [0.15, 0.2) is 0 Å². The largest absolute Gasteiger partial charge is 0.490 e. The van der Waals surface area contributed by atoms with Gasteiger partial charge in [0.1, 0.15) is 12.4 Å². The first-order valence-corrected chi connectivity index (χ1v) is 3.79. The number of hydrogen-bond acceptors (Lipinski definition) is 2. The van der Waals surface area contributed by atoms with E-state index in [9.17, 15) is 0 Å². The summed E-state index contributed by atoms with van der Waals surface area (Å²) < 4.78 is 5.24. The van der Waals surface area contributed by atoms with E-state index in [1.54, 1.807) is 6.08 Å². The Balaban J connectivity index is 0.000000424. The van der Waals surface area contributed by atoms with Gasteiger partial charge in [-0.3, -0.25) is 4.79 Å². The molecule has 0 saturated carbocycles. The fourth-order valence-corrected chi connectivity index (χ4v) is 0.672. The molecular weight excluding hydrogens is 166 g/mol. The molecule has 3 nitrogen and oxygen atoms in total. The van der Waals surface area contributed by atoms with Gasteiger partial charge in [0, 0.05) is 0 Å². The van der Waals surface area contributed by atoms with Crippen molar-refractivity contribution in [2.24, 2.45) is 5.73 Å². The monoisotopic (exact) mass is 179 g/mol. The van der Waals surface area contributed by atoms with E-state index in [4.69, 9.17) is 9.53 Å². The molecule has 0 aromatic heterocycles. The molecule has 0 saturated heterocycles. The van der Waals surface area contributed by atoms with Gasteiger partial charge in [-0.1, -0.05) is 30.9 Å². The fourth-order valence-electron chi connectivity index (χ4n) is 0.672. The first-order chi connectivity index (χ1) is 6.35. The SMILES string of the molecule is C=CCOc1ccccc1.NC=O. The molecule has 0 bridgehead atoms. The highest BCUT2D eigenvalue weighted by atomic mass is 16.5. The second-order valence-electron chi connectivity index (χ2n) is 2.05. The maximum absolute atomic E-state index is 8.58. The molecule has 0 heterocycles. The van der Waals surface area contributed by atoms with E-state index in [1.165, 1.54) is 0 Å². The minimum Gasteiger partial charge on any atom is -0.490 e. The first kappa shape index (κ1) is 11.2. The van der Waals surface area contributed by atoms with Gasteiger partial charge >= 0.3 is 0 Å². The molecule has 0 fully saturated rings. The normalized spacial score (nSPS) is 7.69. The molecule has 0 aliphatic rings. The Kier molecular flexibility index (Phi) is 7.19. The van der Waals surface area contributed by atoms with Crippen LogP contribution in [0.1, 0.15) is 0 Å². The minimum absolute atomic E-state index is 0.250. The maximum atomic E-state index is 8.58. The van der Waals surface area contributed by atoms with Crippen LogP contribution in [0, 0.1) is 0 Å². The van der Waals surface area contributed by atoms with Crippen molar-refractivity contribution in [3.63, 3.8) is 0 Å². The number of ether oxygens (including phenoxy) is 1. The standard InChI is InChI=1S/C9H10O.CH3NO/c1-2-8-10-9-6-4-3-5-7-9;2-1-3/h2-7H,1,8H2;1H,(H2,2,3). The van der Waals surface area contributed by atoms with Crippen molar-refractivity contribution in [2.45, 2.75) is 0 Å². The minimum atomic E-state index is 0.250. The number of nitrogens with two attached hydrogens (primary N) is 1. The van der Waals surface area contributed by atoms with Crippen LogP contribution < -0.4 is 10.5 Å². The number of benzene rings is 1. The zero-order valence-electron chi connectivity index (χ0n) is 7.35. The Hall–Kier alpha value is -1.77. The third-order valence-corrected chi connectivity index (χ3v) is 1.11. The highest BCUT2D eigenvalue weighted by molar-refractivity contribution is 5.42. The number of carbonyl (C=O) groups excluding carboxylic acids is 1. The average Bonchev–Trinajstić information content (AvgIpc) is 2.18. The summed E-state index contributed by atoms with van der Waals surface area (Å²) in [5, 5.41) is 0. The van der Waals surface area contributed by atoms with Gasteiger partial charge in [-0.2, -0.15) is 0 Å². The smallest absolute Gasteiger partial charge is 0.204 e. The van der Waals surface area contributed by atoms with Gasteiger partial charge in [-0.05, 0) is 12.1 Å². The Labute approximate surface area is 77.8 Å². The number of rotatable bonds is 3. The third kappa shape index (κ3) is 6.62. The molecule has 0 unspecified atom stereocenters. The van der Waals surface area contributed by atoms with Crippen molar-refractivity contribution in [2.75, 3.05) is 6.61 Å². The number of hydrogen-bond donors (Lipinski definition) is 1. The first-order valence-electron chi connectivity index (χ1n) is 3.79. The van der Waals surface area contributed by atoms with Gasteiger partial charge in [0.2, 0.25) is 6.41 Å². The highest BCUT2D eigenvalue weighted by Gasteiger charge is 1.84. The average molecular weight is 179 g/mol. The molecule has 0 radical (unpaired) electrons. The van der Waals surface area contributed by atoms with E-state index in [2.05, 4.69) is 12.3 Å². The highest BCUT2D eigenvalue weighted by Crippen LogP contribution is 2.07. The summed E-state index contributed by atoms with van der Waals surface area (Å²) in [5.41, 5.74) is 4.17. The van der Waals surface area contributed by atoms with Crippen molar-refractivity contribution >= 4 is 6.41 Å². The van der Waals surface area contributed by atoms with E-state index in [1.807, 2.05) is 30.3 Å². The molecule has 1 aromatic carbocycles. The summed E-state index contributed by atoms with van der Waals surface area (Å²) in [6.45, 7) is 4.12. The van der Waals surface area contributed by atoms with Crippen LogP contribution in [0.15, 0.2) is 43.0 Å². The zero-order chi connectivity index (χ0) is 9.94. The Morgan fingerprint density at radius 1 is 1.38 bits per heavy atom. The molecule has 70 valence electrons. The van der Waals surface area contributed by atoms with E-state index in [-0.39, 0.29) is 6.41 Å². The molecule has 0 atom stereocenters. The molecule has 0 spiro atoms. The number of amides is 1. The van der Waals surface area contributed by atoms with Crippen LogP contribution >= 0.6 is 0 Å². The molecular formula is C10H13NO2. The lowest BCUT2D eigenvalue weighted by molar-refractivity contribution is -0.106. The summed E-state index contributed by atoms with van der Waals surface area (Å²) in [5.74, 6) is 0.891. The lowest BCUT2D eigenvalue weighted by Crippen LogP contribution is -1.91. The lowest BCUT2D eigenvalue weighted by atomic mass is 10.3. The fraction of sp³-hybridized carbons (Fsp3) is 0.100. The number of primary amides is 1. The second-order valence-corrected chi connectivity index (χ2v) is 2.05. The van der Waals surface area contributed by atoms with Crippen LogP contribution in [0.25, 0.3) is 0 Å². The van der Waals surface area contributed by atoms with Crippen LogP contribution in [-0.2, 0) is 4.79 Å². The quantitative estimate of drug-likeness (QED) is 0.562. The van der Waals surface area contributed by atoms with E-state index < -0.39 is 0 Å². The van der Waals surface area contributed by atoms with Crippen LogP contribution in [0.4, 0.5) is 0 Å². The van der Waals surface area contributed by atoms with Crippen LogP contribution in [0.5, 0.6) is 5.75 Å². The van der Waals surface area contributed by atoms with Crippen LogP contribution in [0.3, 0.4) is 0 Å². The predicted octanol–water partition coefficient (Wildman–Crippen LogP) is 1.35. The van der Waals surface area contributed by atoms with Gasteiger partial charge in [0.25, 0.3) is 0 Å². The second kappa shape index (κ2) is 8.33. The molecule has 3 heteroatoms. The molecule has 0 aliphatic heterocycles. The molecule has 0 aliphatic carbocycles. The van der Waals surface area contributed by atoms with Gasteiger partial charge in [-0.15, -0.1) is 0 Å².